The third-order valence-corrected chi connectivity index (χ3v) is 9.16. The minimum atomic E-state index is -3.95. The lowest BCUT2D eigenvalue weighted by molar-refractivity contribution is 0.327. The summed E-state index contributed by atoms with van der Waals surface area (Å²) in [6, 6.07) is 11.6. The summed E-state index contributed by atoms with van der Waals surface area (Å²) in [6.45, 7) is 0. The minimum absolute atomic E-state index is 0.0208. The first-order chi connectivity index (χ1) is 17.8. The molecule has 2 aliphatic carbocycles. The fourth-order valence-corrected chi connectivity index (χ4v) is 7.12. The van der Waals surface area contributed by atoms with Crippen molar-refractivity contribution in [1.29, 1.82) is 0 Å². The van der Waals surface area contributed by atoms with E-state index in [1.807, 2.05) is 0 Å². The lowest BCUT2D eigenvalue weighted by Crippen LogP contribution is -2.19. The van der Waals surface area contributed by atoms with Gasteiger partial charge in [-0.1, -0.05) is 11.6 Å². The molecule has 8 nitrogen and oxygen atoms in total. The summed E-state index contributed by atoms with van der Waals surface area (Å²) in [5, 5.41) is 4.05. The summed E-state index contributed by atoms with van der Waals surface area (Å²) < 4.78 is 55.0. The Bertz CT molecular complexity index is 1650. The Kier molecular flexibility index (Phi) is 5.78. The van der Waals surface area contributed by atoms with Crippen LogP contribution in [-0.2, 0) is 16.4 Å². The number of ether oxygens (including phenoxy) is 1. The first-order valence-corrected chi connectivity index (χ1v) is 13.8. The lowest BCUT2D eigenvalue weighted by atomic mass is 9.84. The van der Waals surface area contributed by atoms with Crippen molar-refractivity contribution in [3.8, 4) is 11.4 Å². The van der Waals surface area contributed by atoms with Crippen LogP contribution in [0.25, 0.3) is 16.6 Å². The number of hydrogen-bond donors (Lipinski definition) is 1. The molecular weight excluding hydrogens is 497 g/mol. The number of nitrogens with zero attached hydrogens (tertiary/aromatic N) is 2. The number of halogens is 1. The van der Waals surface area contributed by atoms with Crippen molar-refractivity contribution in [3.05, 3.63) is 76.5 Å². The molecule has 0 radical (unpaired) electrons. The molecule has 1 unspecified atom stereocenters. The number of pyridine rings is 1. The van der Waals surface area contributed by atoms with Gasteiger partial charge in [-0.15, -0.1) is 0 Å². The Balaban J connectivity index is 1.39. The van der Waals surface area contributed by atoms with Crippen molar-refractivity contribution in [2.75, 3.05) is 11.8 Å². The molecule has 6 rings (SSSR count). The van der Waals surface area contributed by atoms with Gasteiger partial charge >= 0.3 is 0 Å². The van der Waals surface area contributed by atoms with Gasteiger partial charge in [0.05, 0.1) is 23.2 Å². The average Bonchev–Trinajstić information content (AvgIpc) is 3.64. The van der Waals surface area contributed by atoms with Gasteiger partial charge < -0.3 is 9.26 Å². The molecule has 0 saturated heterocycles. The molecule has 2 aliphatic rings. The van der Waals surface area contributed by atoms with Crippen molar-refractivity contribution in [3.63, 3.8) is 0 Å². The van der Waals surface area contributed by atoms with Crippen molar-refractivity contribution >= 4 is 26.7 Å². The Morgan fingerprint density at radius 1 is 1.14 bits per heavy atom. The van der Waals surface area contributed by atoms with E-state index in [1.165, 1.54) is 79.7 Å². The molecule has 1 N–H and O–H groups in total. The molecule has 2 bridgehead atoms. The van der Waals surface area contributed by atoms with Gasteiger partial charge in [0.2, 0.25) is 0 Å². The maximum absolute atomic E-state index is 15.4. The van der Waals surface area contributed by atoms with E-state index >= 15 is 4.39 Å². The summed E-state index contributed by atoms with van der Waals surface area (Å²) in [5.41, 5.74) is 0.899. The van der Waals surface area contributed by atoms with Gasteiger partial charge in [0.25, 0.3) is 15.6 Å². The van der Waals surface area contributed by atoms with Crippen LogP contribution in [-0.4, -0.2) is 25.3 Å². The molecule has 3 atom stereocenters. The second kappa shape index (κ2) is 9.02. The highest BCUT2D eigenvalue weighted by Gasteiger charge is 2.39. The maximum atomic E-state index is 15.4. The van der Waals surface area contributed by atoms with Gasteiger partial charge in [0.1, 0.15) is 17.8 Å². The molecular formula is C27H26FN3O5S. The van der Waals surface area contributed by atoms with Crippen molar-refractivity contribution in [1.82, 2.24) is 9.72 Å². The van der Waals surface area contributed by atoms with Crippen LogP contribution in [0, 0.1) is 23.6 Å². The largest absolute Gasteiger partial charge is 0.495 e. The van der Waals surface area contributed by atoms with E-state index in [1.54, 1.807) is 6.07 Å². The summed E-state index contributed by atoms with van der Waals surface area (Å²) in [7, 11) is -2.45. The highest BCUT2D eigenvalue weighted by atomic mass is 32.2. The smallest absolute Gasteiger partial charge is 0.263 e. The molecule has 10 heteroatoms. The normalized spacial score (nSPS) is 21.0. The third-order valence-electron chi connectivity index (χ3n) is 7.81. The van der Waals surface area contributed by atoms with Crippen molar-refractivity contribution < 1.29 is 22.1 Å². The van der Waals surface area contributed by atoms with Gasteiger partial charge in [0, 0.05) is 23.6 Å². The first-order valence-electron chi connectivity index (χ1n) is 12.3. The van der Waals surface area contributed by atoms with Crippen LogP contribution in [0.1, 0.15) is 31.2 Å². The molecule has 2 aromatic heterocycles. The standard InChI is InChI=1S/C27H26FN3O5S/c1-35-25-14-20(12-19-11-16-2-3-17(19)10-16)22(28)15-24(25)31-23-6-5-21(13-18(23)4-7-27(31)32)37(33,34)30-26-8-9-36-29-26/h4-9,13-17,19H,2-3,10-12H2,1H3,(H,29,30)/t16-,17-,19?/m1/s1. The SMILES string of the molecule is COc1cc(CC2C[C@@H]3CC[C@@H]2C3)c(F)cc1-n1c(=O)ccc2cc(S(=O)(=O)Nc3ccon3)ccc21. The van der Waals surface area contributed by atoms with E-state index in [-0.39, 0.29) is 27.8 Å². The van der Waals surface area contributed by atoms with E-state index in [9.17, 15) is 13.2 Å². The molecule has 0 aliphatic heterocycles. The number of benzene rings is 2. The Labute approximate surface area is 213 Å². The number of anilines is 1. The average molecular weight is 524 g/mol. The van der Waals surface area contributed by atoms with Crippen LogP contribution in [0.4, 0.5) is 10.2 Å². The first kappa shape index (κ1) is 23.7. The monoisotopic (exact) mass is 523 g/mol. The van der Waals surface area contributed by atoms with Gasteiger partial charge in [-0.2, -0.15) is 0 Å². The van der Waals surface area contributed by atoms with Crippen LogP contribution in [0.15, 0.2) is 69.0 Å². The fraction of sp³-hybridized carbons (Fsp3) is 0.333. The summed E-state index contributed by atoms with van der Waals surface area (Å²) >= 11 is 0. The molecule has 4 aromatic rings. The van der Waals surface area contributed by atoms with Crippen molar-refractivity contribution in [2.45, 2.75) is 37.0 Å². The lowest BCUT2D eigenvalue weighted by Gasteiger charge is -2.23. The van der Waals surface area contributed by atoms with E-state index in [2.05, 4.69) is 14.4 Å². The van der Waals surface area contributed by atoms with Gasteiger partial charge in [0.15, 0.2) is 5.82 Å². The Morgan fingerprint density at radius 3 is 2.70 bits per heavy atom. The fourth-order valence-electron chi connectivity index (χ4n) is 6.09. The van der Waals surface area contributed by atoms with E-state index in [0.29, 0.717) is 40.5 Å². The molecule has 2 fully saturated rings. The zero-order chi connectivity index (χ0) is 25.7. The number of aromatic nitrogens is 2. The van der Waals surface area contributed by atoms with Crippen molar-refractivity contribution in [2.24, 2.45) is 17.8 Å². The molecule has 37 heavy (non-hydrogen) atoms. The van der Waals surface area contributed by atoms with E-state index < -0.39 is 10.0 Å². The zero-order valence-corrected chi connectivity index (χ0v) is 21.0. The number of nitrogens with one attached hydrogen (secondary N) is 1. The molecule has 0 spiro atoms. The highest BCUT2D eigenvalue weighted by Crippen LogP contribution is 2.49. The number of hydrogen-bond acceptors (Lipinski definition) is 6. The van der Waals surface area contributed by atoms with Gasteiger partial charge in [-0.25, -0.2) is 12.8 Å². The van der Waals surface area contributed by atoms with E-state index in [0.717, 1.165) is 12.3 Å². The van der Waals surface area contributed by atoms with Crippen LogP contribution in [0.3, 0.4) is 0 Å². The molecule has 2 aromatic carbocycles. The van der Waals surface area contributed by atoms with Crippen LogP contribution < -0.4 is 15.0 Å². The number of fused-ring (bicyclic) bond motifs is 3. The topological polar surface area (TPSA) is 103 Å². The second-order valence-electron chi connectivity index (χ2n) is 9.97. The molecule has 2 saturated carbocycles. The molecule has 2 heterocycles. The Hall–Kier alpha value is -3.66. The van der Waals surface area contributed by atoms with Gasteiger partial charge in [-0.05, 0) is 79.3 Å². The minimum Gasteiger partial charge on any atom is -0.495 e. The molecule has 0 amide bonds. The summed E-state index contributed by atoms with van der Waals surface area (Å²) in [6.07, 6.45) is 6.82. The number of rotatable bonds is 7. The predicted octanol–water partition coefficient (Wildman–Crippen LogP) is 4.91. The summed E-state index contributed by atoms with van der Waals surface area (Å²) in [5.74, 6) is 1.98. The predicted molar refractivity (Wildman–Crippen MR) is 136 cm³/mol. The third kappa shape index (κ3) is 4.29. The van der Waals surface area contributed by atoms with Gasteiger partial charge in [-0.3, -0.25) is 14.1 Å². The highest BCUT2D eigenvalue weighted by molar-refractivity contribution is 7.92. The number of methoxy groups -OCH3 is 1. The summed E-state index contributed by atoms with van der Waals surface area (Å²) in [4.78, 5) is 13.0. The quantitative estimate of drug-likeness (QED) is 0.369. The van der Waals surface area contributed by atoms with E-state index in [4.69, 9.17) is 4.74 Å². The maximum Gasteiger partial charge on any atom is 0.263 e. The van der Waals surface area contributed by atoms with Crippen LogP contribution in [0.5, 0.6) is 5.75 Å². The second-order valence-corrected chi connectivity index (χ2v) is 11.7. The van der Waals surface area contributed by atoms with Crippen LogP contribution >= 0.6 is 0 Å². The Morgan fingerprint density at radius 2 is 2.00 bits per heavy atom. The number of sulfonamides is 1. The zero-order valence-electron chi connectivity index (χ0n) is 20.2. The molecule has 192 valence electrons. The van der Waals surface area contributed by atoms with Crippen LogP contribution in [0.2, 0.25) is 0 Å².